The van der Waals surface area contributed by atoms with Gasteiger partial charge in [-0.05, 0) is 23.6 Å². The Labute approximate surface area is 100 Å². The van der Waals surface area contributed by atoms with E-state index in [-0.39, 0.29) is 5.97 Å². The summed E-state index contributed by atoms with van der Waals surface area (Å²) >= 11 is 0. The quantitative estimate of drug-likeness (QED) is 0.756. The minimum Gasteiger partial charge on any atom is -0.465 e. The van der Waals surface area contributed by atoms with Crippen LogP contribution < -0.4 is 0 Å². The smallest absolute Gasteiger partial charge is 0.339 e. The molecule has 1 heterocycles. The van der Waals surface area contributed by atoms with Gasteiger partial charge < -0.3 is 4.74 Å². The van der Waals surface area contributed by atoms with Crippen LogP contribution in [0.5, 0.6) is 0 Å². The summed E-state index contributed by atoms with van der Waals surface area (Å²) in [5.74, 6) is -0.343. The number of rotatable bonds is 3. The monoisotopic (exact) mass is 227 g/mol. The van der Waals surface area contributed by atoms with Gasteiger partial charge in [-0.15, -0.1) is 0 Å². The van der Waals surface area contributed by atoms with E-state index in [1.165, 1.54) is 7.11 Å². The number of methoxy groups -OCH3 is 1. The van der Waals surface area contributed by atoms with Gasteiger partial charge in [-0.1, -0.05) is 30.3 Å². The van der Waals surface area contributed by atoms with Crippen molar-refractivity contribution in [2.45, 2.75) is 6.42 Å². The molecule has 2 aromatic rings. The largest absolute Gasteiger partial charge is 0.465 e. The second-order valence-electron chi connectivity index (χ2n) is 3.69. The molecule has 0 spiro atoms. The van der Waals surface area contributed by atoms with Gasteiger partial charge >= 0.3 is 5.97 Å². The highest BCUT2D eigenvalue weighted by Crippen LogP contribution is 2.14. The lowest BCUT2D eigenvalue weighted by molar-refractivity contribution is 0.0599. The minimum atomic E-state index is -0.343. The first-order chi connectivity index (χ1) is 8.31. The van der Waals surface area contributed by atoms with Gasteiger partial charge in [0.25, 0.3) is 0 Å². The Kier molecular flexibility index (Phi) is 3.50. The minimum absolute atomic E-state index is 0.343. The molecule has 86 valence electrons. The normalized spacial score (nSPS) is 9.94. The van der Waals surface area contributed by atoms with E-state index in [0.29, 0.717) is 12.0 Å². The third-order valence-electron chi connectivity index (χ3n) is 2.55. The topological polar surface area (TPSA) is 39.2 Å². The van der Waals surface area contributed by atoms with Crippen molar-refractivity contribution in [3.05, 3.63) is 65.5 Å². The van der Waals surface area contributed by atoms with Gasteiger partial charge in [-0.3, -0.25) is 4.98 Å². The molecule has 1 aromatic carbocycles. The van der Waals surface area contributed by atoms with Crippen LogP contribution in [0.4, 0.5) is 0 Å². The van der Waals surface area contributed by atoms with Crippen LogP contribution in [0.2, 0.25) is 0 Å². The molecule has 0 saturated heterocycles. The second-order valence-corrected chi connectivity index (χ2v) is 3.69. The fraction of sp³-hybridized carbons (Fsp3) is 0.143. The van der Waals surface area contributed by atoms with E-state index < -0.39 is 0 Å². The Morgan fingerprint density at radius 2 is 2.00 bits per heavy atom. The number of nitrogens with zero attached hydrogens (tertiary/aromatic N) is 1. The first-order valence-electron chi connectivity index (χ1n) is 5.36. The molecular formula is C14H13NO2. The lowest BCUT2D eigenvalue weighted by atomic mass is 10.0. The van der Waals surface area contributed by atoms with Gasteiger partial charge in [0, 0.05) is 12.4 Å². The average Bonchev–Trinajstić information content (AvgIpc) is 2.40. The number of hydrogen-bond acceptors (Lipinski definition) is 3. The highest BCUT2D eigenvalue weighted by molar-refractivity contribution is 5.90. The summed E-state index contributed by atoms with van der Waals surface area (Å²) in [6.45, 7) is 0. The van der Waals surface area contributed by atoms with Crippen molar-refractivity contribution < 1.29 is 9.53 Å². The molecule has 0 aliphatic rings. The highest BCUT2D eigenvalue weighted by atomic mass is 16.5. The highest BCUT2D eigenvalue weighted by Gasteiger charge is 2.11. The van der Waals surface area contributed by atoms with E-state index in [2.05, 4.69) is 4.98 Å². The number of carbonyl (C=O) groups excluding carboxylic acids is 1. The molecule has 0 bridgehead atoms. The number of hydrogen-bond donors (Lipinski definition) is 0. The Hall–Kier alpha value is -2.16. The van der Waals surface area contributed by atoms with E-state index in [9.17, 15) is 4.79 Å². The maximum atomic E-state index is 11.6. The van der Waals surface area contributed by atoms with Crippen LogP contribution in [0.25, 0.3) is 0 Å². The van der Waals surface area contributed by atoms with Gasteiger partial charge in [0.1, 0.15) is 0 Å². The lowest BCUT2D eigenvalue weighted by Crippen LogP contribution is -2.06. The Bertz CT molecular complexity index is 509. The van der Waals surface area contributed by atoms with Gasteiger partial charge in [-0.2, -0.15) is 0 Å². The SMILES string of the molecule is COC(=O)c1cnccc1Cc1ccccc1. The van der Waals surface area contributed by atoms with Crippen molar-refractivity contribution in [1.82, 2.24) is 4.98 Å². The molecule has 0 saturated carbocycles. The number of benzene rings is 1. The van der Waals surface area contributed by atoms with Gasteiger partial charge in [0.2, 0.25) is 0 Å². The molecule has 0 fully saturated rings. The zero-order valence-corrected chi connectivity index (χ0v) is 9.59. The van der Waals surface area contributed by atoms with Crippen LogP contribution >= 0.6 is 0 Å². The van der Waals surface area contributed by atoms with Crippen molar-refractivity contribution in [1.29, 1.82) is 0 Å². The van der Waals surface area contributed by atoms with Crippen LogP contribution in [0, 0.1) is 0 Å². The van der Waals surface area contributed by atoms with Crippen molar-refractivity contribution in [3.8, 4) is 0 Å². The maximum absolute atomic E-state index is 11.6. The van der Waals surface area contributed by atoms with Crippen molar-refractivity contribution in [2.24, 2.45) is 0 Å². The zero-order chi connectivity index (χ0) is 12.1. The molecule has 0 aliphatic heterocycles. The van der Waals surface area contributed by atoms with Crippen LogP contribution in [0.15, 0.2) is 48.8 Å². The van der Waals surface area contributed by atoms with Crippen LogP contribution in [0.3, 0.4) is 0 Å². The van der Waals surface area contributed by atoms with Gasteiger partial charge in [-0.25, -0.2) is 4.79 Å². The molecule has 0 atom stereocenters. The summed E-state index contributed by atoms with van der Waals surface area (Å²) in [5.41, 5.74) is 2.61. The van der Waals surface area contributed by atoms with E-state index in [1.54, 1.807) is 12.4 Å². The molecule has 0 N–H and O–H groups in total. The Morgan fingerprint density at radius 3 is 2.71 bits per heavy atom. The summed E-state index contributed by atoms with van der Waals surface area (Å²) in [5, 5.41) is 0. The Balaban J connectivity index is 2.30. The number of pyridine rings is 1. The molecule has 0 amide bonds. The first kappa shape index (κ1) is 11.3. The van der Waals surface area contributed by atoms with Crippen molar-refractivity contribution in [3.63, 3.8) is 0 Å². The predicted octanol–water partition coefficient (Wildman–Crippen LogP) is 2.46. The molecule has 17 heavy (non-hydrogen) atoms. The first-order valence-corrected chi connectivity index (χ1v) is 5.36. The van der Waals surface area contributed by atoms with E-state index >= 15 is 0 Å². The summed E-state index contributed by atoms with van der Waals surface area (Å²) in [7, 11) is 1.38. The number of carbonyl (C=O) groups is 1. The number of aromatic nitrogens is 1. The standard InChI is InChI=1S/C14H13NO2/c1-17-14(16)13-10-15-8-7-12(13)9-11-5-3-2-4-6-11/h2-8,10H,9H2,1H3. The Morgan fingerprint density at radius 1 is 1.24 bits per heavy atom. The number of ether oxygens (including phenoxy) is 1. The average molecular weight is 227 g/mol. The fourth-order valence-electron chi connectivity index (χ4n) is 1.69. The molecular weight excluding hydrogens is 214 g/mol. The van der Waals surface area contributed by atoms with Crippen LogP contribution in [-0.4, -0.2) is 18.1 Å². The van der Waals surface area contributed by atoms with Crippen molar-refractivity contribution >= 4 is 5.97 Å². The lowest BCUT2D eigenvalue weighted by Gasteiger charge is -2.06. The van der Waals surface area contributed by atoms with Crippen molar-refractivity contribution in [2.75, 3.05) is 7.11 Å². The molecule has 2 rings (SSSR count). The third kappa shape index (κ3) is 2.69. The molecule has 0 radical (unpaired) electrons. The predicted molar refractivity (Wildman–Crippen MR) is 64.8 cm³/mol. The maximum Gasteiger partial charge on any atom is 0.339 e. The molecule has 1 aromatic heterocycles. The van der Waals surface area contributed by atoms with Gasteiger partial charge in [0.15, 0.2) is 0 Å². The van der Waals surface area contributed by atoms with E-state index in [4.69, 9.17) is 4.74 Å². The molecule has 3 nitrogen and oxygen atoms in total. The van der Waals surface area contributed by atoms with E-state index in [0.717, 1.165) is 11.1 Å². The summed E-state index contributed by atoms with van der Waals surface area (Å²) in [6, 6.07) is 11.8. The van der Waals surface area contributed by atoms with Crippen LogP contribution in [0.1, 0.15) is 21.5 Å². The third-order valence-corrected chi connectivity index (χ3v) is 2.55. The molecule has 0 unspecified atom stereocenters. The van der Waals surface area contributed by atoms with Gasteiger partial charge in [0.05, 0.1) is 12.7 Å². The zero-order valence-electron chi connectivity index (χ0n) is 9.59. The summed E-state index contributed by atoms with van der Waals surface area (Å²) in [4.78, 5) is 15.5. The fourth-order valence-corrected chi connectivity index (χ4v) is 1.69. The summed E-state index contributed by atoms with van der Waals surface area (Å²) < 4.78 is 4.74. The second kappa shape index (κ2) is 5.25. The summed E-state index contributed by atoms with van der Waals surface area (Å²) in [6.07, 6.45) is 3.93. The number of esters is 1. The molecule has 0 aliphatic carbocycles. The van der Waals surface area contributed by atoms with E-state index in [1.807, 2.05) is 36.4 Å². The van der Waals surface area contributed by atoms with Crippen LogP contribution in [-0.2, 0) is 11.2 Å². The molecule has 3 heteroatoms.